The summed E-state index contributed by atoms with van der Waals surface area (Å²) in [6.45, 7) is 2.98. The molecule has 0 saturated carbocycles. The lowest BCUT2D eigenvalue weighted by Gasteiger charge is -2.18. The van der Waals surface area contributed by atoms with Crippen LogP contribution in [0.3, 0.4) is 0 Å². The van der Waals surface area contributed by atoms with Gasteiger partial charge in [0.05, 0.1) is 17.4 Å². The number of nitrogens with zero attached hydrogens (tertiary/aromatic N) is 3. The maximum Gasteiger partial charge on any atom is 0.227 e. The van der Waals surface area contributed by atoms with Crippen molar-refractivity contribution >= 4 is 39.2 Å². The van der Waals surface area contributed by atoms with Crippen LogP contribution in [0.15, 0.2) is 55.0 Å². The third-order valence-corrected chi connectivity index (χ3v) is 5.71. The van der Waals surface area contributed by atoms with Crippen LogP contribution in [0.4, 0.5) is 5.13 Å². The summed E-state index contributed by atoms with van der Waals surface area (Å²) in [7, 11) is 1.61. The fraction of sp³-hybridized carbons (Fsp3) is 0.190. The van der Waals surface area contributed by atoms with Crippen LogP contribution in [0, 0.1) is 0 Å². The lowest BCUT2D eigenvalue weighted by Crippen LogP contribution is -2.18. The Morgan fingerprint density at radius 1 is 1.17 bits per heavy atom. The van der Waals surface area contributed by atoms with E-state index in [2.05, 4.69) is 5.32 Å². The van der Waals surface area contributed by atoms with Crippen molar-refractivity contribution in [3.8, 4) is 11.3 Å². The molecular formula is C21H20N4O3S. The lowest BCUT2D eigenvalue weighted by molar-refractivity contribution is -0.124. The van der Waals surface area contributed by atoms with Crippen molar-refractivity contribution in [2.75, 3.05) is 12.4 Å². The Kier molecular flexibility index (Phi) is 4.94. The summed E-state index contributed by atoms with van der Waals surface area (Å²) < 4.78 is 1.70. The molecule has 3 aromatic rings. The lowest BCUT2D eigenvalue weighted by atomic mass is 10.0. The molecule has 1 aromatic carbocycles. The summed E-state index contributed by atoms with van der Waals surface area (Å²) in [6.07, 6.45) is 9.32. The van der Waals surface area contributed by atoms with Crippen molar-refractivity contribution < 1.29 is 14.4 Å². The van der Waals surface area contributed by atoms with Gasteiger partial charge in [-0.15, -0.1) is 11.3 Å². The van der Waals surface area contributed by atoms with E-state index >= 15 is 0 Å². The van der Waals surface area contributed by atoms with Crippen LogP contribution in [0.5, 0.6) is 0 Å². The number of carbonyl (C=O) groups is 2. The van der Waals surface area contributed by atoms with Gasteiger partial charge in [-0.1, -0.05) is 30.4 Å². The van der Waals surface area contributed by atoms with E-state index in [0.717, 1.165) is 27.0 Å². The van der Waals surface area contributed by atoms with Gasteiger partial charge in [-0.3, -0.25) is 14.5 Å². The number of aromatic nitrogens is 2. The van der Waals surface area contributed by atoms with Crippen LogP contribution >= 0.6 is 11.3 Å². The van der Waals surface area contributed by atoms with Crippen LogP contribution in [0.25, 0.3) is 22.2 Å². The summed E-state index contributed by atoms with van der Waals surface area (Å²) in [5.74, 6) is -0.290. The summed E-state index contributed by atoms with van der Waals surface area (Å²) in [6, 6.07) is 7.92. The van der Waals surface area contributed by atoms with E-state index in [1.165, 1.54) is 30.1 Å². The molecule has 1 aliphatic rings. The Balaban J connectivity index is 1.85. The quantitative estimate of drug-likeness (QED) is 0.713. The Bertz CT molecular complexity index is 1140. The molecule has 2 aromatic heterocycles. The SMILES string of the molecule is COn1cc(-c2nc(NC(C)=O)sc2C2C=CN(C(C)=O)C=C2)c2ccccc21. The zero-order chi connectivity index (χ0) is 20.5. The van der Waals surface area contributed by atoms with E-state index in [1.807, 2.05) is 42.6 Å². The molecule has 1 aliphatic heterocycles. The second kappa shape index (κ2) is 7.56. The molecule has 4 rings (SSSR count). The monoisotopic (exact) mass is 408 g/mol. The Morgan fingerprint density at radius 3 is 2.55 bits per heavy atom. The molecule has 0 fully saturated rings. The van der Waals surface area contributed by atoms with Crippen LogP contribution < -0.4 is 10.2 Å². The molecule has 148 valence electrons. The van der Waals surface area contributed by atoms with Gasteiger partial charge >= 0.3 is 0 Å². The zero-order valence-corrected chi connectivity index (χ0v) is 17.1. The second-order valence-electron chi connectivity index (χ2n) is 6.62. The van der Waals surface area contributed by atoms with E-state index in [0.29, 0.717) is 5.13 Å². The number of carbonyl (C=O) groups excluding carboxylic acids is 2. The highest BCUT2D eigenvalue weighted by Crippen LogP contribution is 2.41. The van der Waals surface area contributed by atoms with Gasteiger partial charge in [-0.2, -0.15) is 4.73 Å². The molecule has 29 heavy (non-hydrogen) atoms. The summed E-state index contributed by atoms with van der Waals surface area (Å²) in [5, 5.41) is 4.33. The van der Waals surface area contributed by atoms with Gasteiger partial charge in [0, 0.05) is 48.0 Å². The van der Waals surface area contributed by atoms with Crippen LogP contribution in [0.2, 0.25) is 0 Å². The molecule has 0 unspecified atom stereocenters. The average molecular weight is 408 g/mol. The van der Waals surface area contributed by atoms with Crippen LogP contribution in [-0.4, -0.2) is 33.5 Å². The smallest absolute Gasteiger partial charge is 0.227 e. The number of rotatable bonds is 4. The topological polar surface area (TPSA) is 76.5 Å². The maximum absolute atomic E-state index is 11.6. The van der Waals surface area contributed by atoms with Crippen molar-refractivity contribution in [3.05, 3.63) is 59.9 Å². The molecule has 7 nitrogen and oxygen atoms in total. The fourth-order valence-electron chi connectivity index (χ4n) is 3.31. The predicted molar refractivity (Wildman–Crippen MR) is 113 cm³/mol. The Hall–Kier alpha value is -3.39. The number of thiazole rings is 1. The highest BCUT2D eigenvalue weighted by atomic mass is 32.1. The molecule has 1 N–H and O–H groups in total. The molecule has 2 amide bonds. The first-order chi connectivity index (χ1) is 14.0. The fourth-order valence-corrected chi connectivity index (χ4v) is 4.40. The second-order valence-corrected chi connectivity index (χ2v) is 7.65. The first kappa shape index (κ1) is 18.9. The summed E-state index contributed by atoms with van der Waals surface area (Å²) in [5.41, 5.74) is 2.63. The normalized spacial score (nSPS) is 13.8. The van der Waals surface area contributed by atoms with E-state index in [4.69, 9.17) is 9.82 Å². The Labute approximate surface area is 171 Å². The van der Waals surface area contributed by atoms with Gasteiger partial charge in [-0.25, -0.2) is 4.98 Å². The van der Waals surface area contributed by atoms with Crippen molar-refractivity contribution in [1.82, 2.24) is 14.6 Å². The van der Waals surface area contributed by atoms with Crippen molar-refractivity contribution in [1.29, 1.82) is 0 Å². The van der Waals surface area contributed by atoms with Gasteiger partial charge in [0.2, 0.25) is 11.8 Å². The maximum atomic E-state index is 11.6. The summed E-state index contributed by atoms with van der Waals surface area (Å²) in [4.78, 5) is 35.9. The molecule has 3 heterocycles. The van der Waals surface area contributed by atoms with Crippen molar-refractivity contribution in [3.63, 3.8) is 0 Å². The van der Waals surface area contributed by atoms with E-state index in [9.17, 15) is 9.59 Å². The van der Waals surface area contributed by atoms with Gasteiger partial charge < -0.3 is 10.2 Å². The molecule has 0 spiro atoms. The van der Waals surface area contributed by atoms with Crippen LogP contribution in [0.1, 0.15) is 24.6 Å². The molecule has 0 atom stereocenters. The number of amides is 2. The first-order valence-electron chi connectivity index (χ1n) is 9.06. The van der Waals surface area contributed by atoms with Crippen molar-refractivity contribution in [2.45, 2.75) is 19.8 Å². The molecule has 8 heteroatoms. The molecule has 0 radical (unpaired) electrons. The molecule has 0 saturated heterocycles. The summed E-state index contributed by atoms with van der Waals surface area (Å²) >= 11 is 1.43. The van der Waals surface area contributed by atoms with E-state index < -0.39 is 0 Å². The third kappa shape index (κ3) is 3.54. The number of hydrogen-bond acceptors (Lipinski definition) is 5. The molecule has 0 bridgehead atoms. The zero-order valence-electron chi connectivity index (χ0n) is 16.2. The molecule has 0 aliphatic carbocycles. The number of para-hydroxylation sites is 1. The number of fused-ring (bicyclic) bond motifs is 1. The van der Waals surface area contributed by atoms with Gasteiger partial charge in [0.1, 0.15) is 7.11 Å². The number of anilines is 1. The number of benzene rings is 1. The van der Waals surface area contributed by atoms with Gasteiger partial charge in [-0.05, 0) is 6.07 Å². The minimum absolute atomic E-state index is 0.0532. The minimum atomic E-state index is -0.173. The molecular weight excluding hydrogens is 388 g/mol. The Morgan fingerprint density at radius 2 is 1.90 bits per heavy atom. The van der Waals surface area contributed by atoms with E-state index in [1.54, 1.807) is 24.2 Å². The number of nitrogens with one attached hydrogen (secondary N) is 1. The largest absolute Gasteiger partial charge is 0.417 e. The highest BCUT2D eigenvalue weighted by Gasteiger charge is 2.24. The predicted octanol–water partition coefficient (Wildman–Crippen LogP) is 3.75. The number of hydrogen-bond donors (Lipinski definition) is 1. The van der Waals surface area contributed by atoms with Gasteiger partial charge in [0.25, 0.3) is 0 Å². The van der Waals surface area contributed by atoms with E-state index in [-0.39, 0.29) is 17.7 Å². The minimum Gasteiger partial charge on any atom is -0.417 e. The van der Waals surface area contributed by atoms with Crippen LogP contribution in [-0.2, 0) is 9.59 Å². The standard InChI is InChI=1S/C21H20N4O3S/c1-13(26)22-21-23-19(17-12-25(28-3)18-7-5-4-6-16(17)18)20(29-21)15-8-10-24(11-9-15)14(2)27/h4-12,15H,1-3H3,(H,22,23,26). The highest BCUT2D eigenvalue weighted by molar-refractivity contribution is 7.16. The number of allylic oxidation sites excluding steroid dienone is 2. The van der Waals surface area contributed by atoms with Gasteiger partial charge in [0.15, 0.2) is 5.13 Å². The first-order valence-corrected chi connectivity index (χ1v) is 9.88. The van der Waals surface area contributed by atoms with Crippen molar-refractivity contribution in [2.24, 2.45) is 0 Å². The third-order valence-electron chi connectivity index (χ3n) is 4.64. The average Bonchev–Trinajstić information content (AvgIpc) is 3.28.